The molecule has 14 heavy (non-hydrogen) atoms. The lowest BCUT2D eigenvalue weighted by molar-refractivity contribution is 0.413. The zero-order chi connectivity index (χ0) is 10.1. The van der Waals surface area contributed by atoms with Gasteiger partial charge < -0.3 is 4.74 Å². The van der Waals surface area contributed by atoms with Crippen LogP contribution in [0.2, 0.25) is 0 Å². The van der Waals surface area contributed by atoms with Crippen LogP contribution in [0.4, 0.5) is 0 Å². The van der Waals surface area contributed by atoms with Gasteiger partial charge in [0, 0.05) is 4.70 Å². The molecule has 0 atom stereocenters. The number of nitriles is 1. The Morgan fingerprint density at radius 1 is 1.50 bits per heavy atom. The highest BCUT2D eigenvalue weighted by Gasteiger charge is 2.13. The first-order chi connectivity index (χ1) is 6.77. The number of rotatable bonds is 1. The monoisotopic (exact) mass is 221 g/mol. The van der Waals surface area contributed by atoms with Crippen molar-refractivity contribution in [2.24, 2.45) is 0 Å². The van der Waals surface area contributed by atoms with E-state index in [-0.39, 0.29) is 0 Å². The number of hydrogen-bond acceptors (Lipinski definition) is 4. The van der Waals surface area contributed by atoms with Gasteiger partial charge in [-0.3, -0.25) is 0 Å². The van der Waals surface area contributed by atoms with Gasteiger partial charge in [0.1, 0.15) is 4.21 Å². The lowest BCUT2D eigenvalue weighted by Gasteiger charge is -1.99. The van der Waals surface area contributed by atoms with Crippen LogP contribution < -0.4 is 4.74 Å². The number of methoxy groups -OCH3 is 1. The van der Waals surface area contributed by atoms with Crippen LogP contribution in [0, 0.1) is 11.3 Å². The van der Waals surface area contributed by atoms with E-state index in [9.17, 15) is 0 Å². The smallest absolute Gasteiger partial charge is 0.152 e. The fraction of sp³-hybridized carbons (Fsp3) is 0.100. The Morgan fingerprint density at radius 2 is 2.29 bits per heavy atom. The highest BCUT2D eigenvalue weighted by molar-refractivity contribution is 7.83. The van der Waals surface area contributed by atoms with Crippen molar-refractivity contribution in [1.29, 1.82) is 5.26 Å². The fourth-order valence-electron chi connectivity index (χ4n) is 1.39. The van der Waals surface area contributed by atoms with Crippen molar-refractivity contribution in [2.75, 3.05) is 7.11 Å². The van der Waals surface area contributed by atoms with E-state index in [0.717, 1.165) is 14.3 Å². The highest BCUT2D eigenvalue weighted by Crippen LogP contribution is 2.41. The zero-order valence-electron chi connectivity index (χ0n) is 7.44. The minimum Gasteiger partial charge on any atom is -0.494 e. The third-order valence-electron chi connectivity index (χ3n) is 1.98. The number of benzene rings is 1. The Morgan fingerprint density at radius 3 is 2.93 bits per heavy atom. The first kappa shape index (κ1) is 9.38. The Kier molecular flexibility index (Phi) is 2.36. The van der Waals surface area contributed by atoms with Crippen LogP contribution in [0.1, 0.15) is 5.56 Å². The maximum absolute atomic E-state index is 8.94. The highest BCUT2D eigenvalue weighted by atomic mass is 32.2. The second kappa shape index (κ2) is 3.52. The van der Waals surface area contributed by atoms with E-state index in [4.69, 9.17) is 10.00 Å². The third kappa shape index (κ3) is 1.26. The number of ether oxygens (including phenoxy) is 1. The Balaban J connectivity index is 2.91. The van der Waals surface area contributed by atoms with Crippen molar-refractivity contribution < 1.29 is 4.74 Å². The largest absolute Gasteiger partial charge is 0.494 e. The molecule has 0 spiro atoms. The summed E-state index contributed by atoms with van der Waals surface area (Å²) in [5.41, 5.74) is 0.635. The molecule has 0 N–H and O–H groups in total. The molecule has 0 saturated heterocycles. The van der Waals surface area contributed by atoms with E-state index in [1.54, 1.807) is 13.2 Å². The molecule has 0 fully saturated rings. The molecule has 0 saturated carbocycles. The van der Waals surface area contributed by atoms with Gasteiger partial charge in [-0.2, -0.15) is 5.26 Å². The number of fused-ring (bicyclic) bond motifs is 1. The molecule has 0 amide bonds. The molecule has 70 valence electrons. The second-order valence-corrected chi connectivity index (χ2v) is 4.53. The maximum Gasteiger partial charge on any atom is 0.152 e. The fourth-order valence-corrected chi connectivity index (χ4v) is 2.83. The van der Waals surface area contributed by atoms with Gasteiger partial charge in [-0.15, -0.1) is 24.0 Å². The van der Waals surface area contributed by atoms with Gasteiger partial charge in [0.15, 0.2) is 5.75 Å². The quantitative estimate of drug-likeness (QED) is 0.751. The van der Waals surface area contributed by atoms with E-state index in [0.29, 0.717) is 11.3 Å². The van der Waals surface area contributed by atoms with Crippen molar-refractivity contribution in [3.63, 3.8) is 0 Å². The van der Waals surface area contributed by atoms with Gasteiger partial charge >= 0.3 is 0 Å². The maximum atomic E-state index is 8.94. The van der Waals surface area contributed by atoms with Crippen molar-refractivity contribution in [1.82, 2.24) is 0 Å². The van der Waals surface area contributed by atoms with Gasteiger partial charge in [-0.1, -0.05) is 6.07 Å². The summed E-state index contributed by atoms with van der Waals surface area (Å²) >= 11 is 5.83. The lowest BCUT2D eigenvalue weighted by atomic mass is 10.1. The minimum absolute atomic E-state index is 0.635. The number of hydrogen-bond donors (Lipinski definition) is 1. The molecule has 0 aliphatic carbocycles. The molecule has 1 aromatic heterocycles. The number of thiol groups is 1. The van der Waals surface area contributed by atoms with E-state index in [1.165, 1.54) is 11.3 Å². The van der Waals surface area contributed by atoms with E-state index < -0.39 is 0 Å². The zero-order valence-corrected chi connectivity index (χ0v) is 9.15. The van der Waals surface area contributed by atoms with Gasteiger partial charge in [0.05, 0.1) is 24.1 Å². The molecule has 2 nitrogen and oxygen atoms in total. The summed E-state index contributed by atoms with van der Waals surface area (Å²) in [6, 6.07) is 7.76. The predicted molar refractivity (Wildman–Crippen MR) is 60.3 cm³/mol. The summed E-state index contributed by atoms with van der Waals surface area (Å²) < 4.78 is 7.07. The van der Waals surface area contributed by atoms with Gasteiger partial charge in [0.25, 0.3) is 0 Å². The predicted octanol–water partition coefficient (Wildman–Crippen LogP) is 3.07. The van der Waals surface area contributed by atoms with Gasteiger partial charge in [0.2, 0.25) is 0 Å². The first-order valence-electron chi connectivity index (χ1n) is 3.96. The van der Waals surface area contributed by atoms with Crippen LogP contribution in [-0.4, -0.2) is 7.11 Å². The Hall–Kier alpha value is -1.18. The van der Waals surface area contributed by atoms with Crippen molar-refractivity contribution in [3.05, 3.63) is 23.8 Å². The molecule has 0 aliphatic heterocycles. The van der Waals surface area contributed by atoms with Crippen LogP contribution in [0.25, 0.3) is 10.1 Å². The second-order valence-electron chi connectivity index (χ2n) is 2.73. The molecule has 2 aromatic rings. The Bertz CT molecular complexity index is 525. The molecule has 2 rings (SSSR count). The summed E-state index contributed by atoms with van der Waals surface area (Å²) in [5.74, 6) is 0.700. The van der Waals surface area contributed by atoms with Gasteiger partial charge in [-0.05, 0) is 12.1 Å². The molecule has 0 radical (unpaired) electrons. The third-order valence-corrected chi connectivity index (χ3v) is 3.39. The molecule has 0 aliphatic rings. The number of thiophene rings is 1. The van der Waals surface area contributed by atoms with Crippen LogP contribution in [0.15, 0.2) is 22.4 Å². The van der Waals surface area contributed by atoms with Gasteiger partial charge in [-0.25, -0.2) is 0 Å². The summed E-state index contributed by atoms with van der Waals surface area (Å²) in [6.45, 7) is 0. The molecule has 4 heteroatoms. The normalized spacial score (nSPS) is 10.1. The van der Waals surface area contributed by atoms with Crippen LogP contribution in [0.3, 0.4) is 0 Å². The lowest BCUT2D eigenvalue weighted by Crippen LogP contribution is -1.83. The minimum atomic E-state index is 0.635. The summed E-state index contributed by atoms with van der Waals surface area (Å²) in [6.07, 6.45) is 0. The van der Waals surface area contributed by atoms with E-state index in [2.05, 4.69) is 18.7 Å². The molecule has 0 unspecified atom stereocenters. The average molecular weight is 221 g/mol. The summed E-state index contributed by atoms with van der Waals surface area (Å²) in [5, 5.41) is 9.81. The molecule has 1 heterocycles. The van der Waals surface area contributed by atoms with Crippen molar-refractivity contribution in [3.8, 4) is 11.8 Å². The molecular weight excluding hydrogens is 214 g/mol. The Labute approximate surface area is 91.1 Å². The SMILES string of the molecule is COc1c(S)sc2cccc(C#N)c12. The average Bonchev–Trinajstić information content (AvgIpc) is 2.52. The topological polar surface area (TPSA) is 33.0 Å². The van der Waals surface area contributed by atoms with Crippen LogP contribution in [0.5, 0.6) is 5.75 Å². The molecular formula is C10H7NOS2. The first-order valence-corrected chi connectivity index (χ1v) is 5.23. The van der Waals surface area contributed by atoms with Crippen molar-refractivity contribution in [2.45, 2.75) is 4.21 Å². The van der Waals surface area contributed by atoms with Crippen LogP contribution in [-0.2, 0) is 0 Å². The standard InChI is InChI=1S/C10H7NOS2/c1-12-9-8-6(5-11)3-2-4-7(8)14-10(9)13/h2-4,13H,1H3. The molecule has 0 bridgehead atoms. The van der Waals surface area contributed by atoms with E-state index >= 15 is 0 Å². The summed E-state index contributed by atoms with van der Waals surface area (Å²) in [7, 11) is 1.59. The van der Waals surface area contributed by atoms with Crippen LogP contribution >= 0.6 is 24.0 Å². The summed E-state index contributed by atoms with van der Waals surface area (Å²) in [4.78, 5) is 0. The molecule has 1 aromatic carbocycles. The van der Waals surface area contributed by atoms with E-state index in [1.807, 2.05) is 12.1 Å². The number of nitrogens with zero attached hydrogens (tertiary/aromatic N) is 1. The van der Waals surface area contributed by atoms with Crippen molar-refractivity contribution >= 4 is 34.1 Å².